The number of rotatable bonds is 4. The molecule has 0 unspecified atom stereocenters. The van der Waals surface area contributed by atoms with Gasteiger partial charge in [-0.15, -0.1) is 0 Å². The van der Waals surface area contributed by atoms with Crippen LogP contribution in [0.3, 0.4) is 0 Å². The van der Waals surface area contributed by atoms with Crippen LogP contribution in [0.4, 0.5) is 0 Å². The summed E-state index contributed by atoms with van der Waals surface area (Å²) in [6.45, 7) is 5.82. The molecule has 26 heavy (non-hydrogen) atoms. The van der Waals surface area contributed by atoms with Crippen LogP contribution in [-0.4, -0.2) is 5.52 Å². The quantitative estimate of drug-likeness (QED) is 0.518. The second-order valence-electron chi connectivity index (χ2n) is 6.36. The number of carbonyl (C=O) groups is 1. The minimum absolute atomic E-state index is 0. The molecule has 0 saturated carbocycles. The Hall–Kier alpha value is -1.44. The van der Waals surface area contributed by atoms with E-state index in [4.69, 9.17) is 0 Å². The molecular formula is C22H22NaO2P. The van der Waals surface area contributed by atoms with Crippen molar-refractivity contribution in [1.82, 2.24) is 0 Å². The molecule has 0 amide bonds. The topological polar surface area (TPSA) is 34.1 Å². The van der Waals surface area contributed by atoms with E-state index in [1.165, 1.54) is 0 Å². The molecular weight excluding hydrogens is 350 g/mol. The van der Waals surface area contributed by atoms with Gasteiger partial charge in [0.1, 0.15) is 0 Å². The Bertz CT molecular complexity index is 906. The van der Waals surface area contributed by atoms with Crippen molar-refractivity contribution in [2.24, 2.45) is 0 Å². The summed E-state index contributed by atoms with van der Waals surface area (Å²) in [4.78, 5) is 13.6. The third-order valence-corrected chi connectivity index (χ3v) is 7.26. The van der Waals surface area contributed by atoms with Crippen molar-refractivity contribution >= 4 is 23.3 Å². The number of benzene rings is 3. The first kappa shape index (κ1) is 20.9. The Kier molecular flexibility index (Phi) is 6.82. The summed E-state index contributed by atoms with van der Waals surface area (Å²) < 4.78 is 14.2. The SMILES string of the molecule is Cc1cc(C)c(C(=O)P(=O)(c2ccccc2)c2ccccc2)c(C)c1.[H-].[Na+]. The van der Waals surface area contributed by atoms with Crippen LogP contribution in [0.25, 0.3) is 0 Å². The molecule has 0 aliphatic heterocycles. The van der Waals surface area contributed by atoms with Gasteiger partial charge >= 0.3 is 29.6 Å². The van der Waals surface area contributed by atoms with E-state index in [2.05, 4.69) is 0 Å². The van der Waals surface area contributed by atoms with Gasteiger partial charge < -0.3 is 5.99 Å². The average molecular weight is 372 g/mol. The standard InChI is InChI=1S/C22H21O2P.Na.H/c1-16-14-17(2)21(18(3)15-16)22(23)25(24,19-10-6-4-7-11-19)20-12-8-5-9-13-20;;/h4-15H,1-3H3;;/q;+1;-1. The number of hydrogen-bond donors (Lipinski definition) is 0. The molecule has 0 bridgehead atoms. The minimum atomic E-state index is -3.44. The normalized spacial score (nSPS) is 10.9. The average Bonchev–Trinajstić information content (AvgIpc) is 2.61. The molecule has 0 spiro atoms. The van der Waals surface area contributed by atoms with Crippen LogP contribution in [-0.2, 0) is 4.57 Å². The zero-order valence-electron chi connectivity index (χ0n) is 16.7. The van der Waals surface area contributed by atoms with Crippen LogP contribution in [0.2, 0.25) is 0 Å². The summed E-state index contributed by atoms with van der Waals surface area (Å²) in [6.07, 6.45) is 0. The van der Waals surface area contributed by atoms with Crippen LogP contribution < -0.4 is 40.2 Å². The van der Waals surface area contributed by atoms with Crippen LogP contribution >= 0.6 is 7.14 Å². The Morgan fingerprint density at radius 1 is 0.769 bits per heavy atom. The van der Waals surface area contributed by atoms with Gasteiger partial charge in [-0.2, -0.15) is 0 Å². The fourth-order valence-electron chi connectivity index (χ4n) is 3.33. The van der Waals surface area contributed by atoms with Gasteiger partial charge in [-0.1, -0.05) is 78.4 Å². The van der Waals surface area contributed by atoms with Crippen molar-refractivity contribution < 1.29 is 40.3 Å². The molecule has 0 N–H and O–H groups in total. The van der Waals surface area contributed by atoms with E-state index in [1.807, 2.05) is 69.3 Å². The summed E-state index contributed by atoms with van der Waals surface area (Å²) in [5.41, 5.74) is 3.12. The van der Waals surface area contributed by atoms with Crippen LogP contribution in [0.1, 0.15) is 28.5 Å². The molecule has 2 nitrogen and oxygen atoms in total. The van der Waals surface area contributed by atoms with Gasteiger partial charge in [0.05, 0.1) is 0 Å². The number of aryl methyl sites for hydroxylation is 3. The van der Waals surface area contributed by atoms with Crippen LogP contribution in [0.15, 0.2) is 72.8 Å². The second-order valence-corrected chi connectivity index (χ2v) is 9.02. The van der Waals surface area contributed by atoms with E-state index in [0.29, 0.717) is 16.2 Å². The molecule has 3 rings (SSSR count). The molecule has 3 aromatic rings. The van der Waals surface area contributed by atoms with Crippen molar-refractivity contribution in [2.75, 3.05) is 0 Å². The second kappa shape index (κ2) is 8.50. The summed E-state index contributed by atoms with van der Waals surface area (Å²) in [6, 6.07) is 22.1. The Labute approximate surface area is 178 Å². The van der Waals surface area contributed by atoms with E-state index < -0.39 is 7.14 Å². The molecule has 3 aromatic carbocycles. The first-order valence-electron chi connectivity index (χ1n) is 8.28. The van der Waals surface area contributed by atoms with E-state index in [0.717, 1.165) is 16.7 Å². The van der Waals surface area contributed by atoms with E-state index in [1.54, 1.807) is 24.3 Å². The summed E-state index contributed by atoms with van der Waals surface area (Å²) in [5, 5.41) is 1.15. The number of hydrogen-bond acceptors (Lipinski definition) is 2. The van der Waals surface area contributed by atoms with E-state index in [-0.39, 0.29) is 36.5 Å². The molecule has 0 aliphatic rings. The van der Waals surface area contributed by atoms with Crippen LogP contribution in [0, 0.1) is 20.8 Å². The Morgan fingerprint density at radius 2 is 1.15 bits per heavy atom. The van der Waals surface area contributed by atoms with Crippen LogP contribution in [0.5, 0.6) is 0 Å². The van der Waals surface area contributed by atoms with E-state index >= 15 is 0 Å². The van der Waals surface area contributed by atoms with Gasteiger partial charge in [0.15, 0.2) is 0 Å². The van der Waals surface area contributed by atoms with Crippen molar-refractivity contribution in [3.63, 3.8) is 0 Å². The summed E-state index contributed by atoms with van der Waals surface area (Å²) in [7, 11) is -3.44. The molecule has 0 fully saturated rings. The summed E-state index contributed by atoms with van der Waals surface area (Å²) >= 11 is 0. The minimum Gasteiger partial charge on any atom is -1.00 e. The predicted octanol–water partition coefficient (Wildman–Crippen LogP) is 1.88. The van der Waals surface area contributed by atoms with Gasteiger partial charge in [0, 0.05) is 16.2 Å². The monoisotopic (exact) mass is 372 g/mol. The molecule has 4 heteroatoms. The Balaban J connectivity index is 0.00000182. The molecule has 0 saturated heterocycles. The zero-order chi connectivity index (χ0) is 18.0. The van der Waals surface area contributed by atoms with E-state index in [9.17, 15) is 9.36 Å². The molecule has 0 heterocycles. The third kappa shape index (κ3) is 3.80. The van der Waals surface area contributed by atoms with Gasteiger partial charge in [-0.25, -0.2) is 0 Å². The van der Waals surface area contributed by atoms with Gasteiger partial charge in [0.2, 0.25) is 12.7 Å². The molecule has 0 atom stereocenters. The van der Waals surface area contributed by atoms with Gasteiger partial charge in [-0.05, 0) is 31.9 Å². The van der Waals surface area contributed by atoms with Crippen molar-refractivity contribution in [3.8, 4) is 0 Å². The molecule has 0 aromatic heterocycles. The predicted molar refractivity (Wildman–Crippen MR) is 106 cm³/mol. The fourth-order valence-corrected chi connectivity index (χ4v) is 5.95. The smallest absolute Gasteiger partial charge is 1.00 e. The Morgan fingerprint density at radius 3 is 1.54 bits per heavy atom. The van der Waals surface area contributed by atoms with Gasteiger partial charge in [0.25, 0.3) is 0 Å². The van der Waals surface area contributed by atoms with Crippen molar-refractivity contribution in [2.45, 2.75) is 20.8 Å². The maximum absolute atomic E-state index is 14.2. The largest absolute Gasteiger partial charge is 1.00 e. The van der Waals surface area contributed by atoms with Gasteiger partial charge in [-0.3, -0.25) is 4.79 Å². The first-order valence-corrected chi connectivity index (χ1v) is 9.99. The zero-order valence-corrected chi connectivity index (χ0v) is 18.6. The van der Waals surface area contributed by atoms with Crippen molar-refractivity contribution in [3.05, 3.63) is 95.1 Å². The van der Waals surface area contributed by atoms with Crippen molar-refractivity contribution in [1.29, 1.82) is 0 Å². The molecule has 0 radical (unpaired) electrons. The molecule has 0 aliphatic carbocycles. The third-order valence-electron chi connectivity index (χ3n) is 4.42. The first-order chi connectivity index (χ1) is 11.9. The fraction of sp³-hybridized carbons (Fsp3) is 0.136. The maximum atomic E-state index is 14.2. The molecule has 128 valence electrons. The maximum Gasteiger partial charge on any atom is 1.00 e. The summed E-state index contributed by atoms with van der Waals surface area (Å²) in [5.74, 6) is 0. The number of carbonyl (C=O) groups excluding carboxylic acids is 1.